The molecular formula is C17H16ClFN2O3. The van der Waals surface area contributed by atoms with Crippen molar-refractivity contribution in [3.8, 4) is 5.75 Å². The van der Waals surface area contributed by atoms with Gasteiger partial charge in [0.05, 0.1) is 6.54 Å². The summed E-state index contributed by atoms with van der Waals surface area (Å²) in [7, 11) is 0. The predicted octanol–water partition coefficient (Wildman–Crippen LogP) is 2.92. The molecule has 2 rings (SSSR count). The molecule has 0 heterocycles. The van der Waals surface area contributed by atoms with E-state index in [1.807, 2.05) is 6.92 Å². The molecule has 0 atom stereocenters. The summed E-state index contributed by atoms with van der Waals surface area (Å²) in [5, 5.41) is 5.56. The Kier molecular flexibility index (Phi) is 6.14. The fraction of sp³-hybridized carbons (Fsp3) is 0.176. The van der Waals surface area contributed by atoms with E-state index < -0.39 is 17.6 Å². The monoisotopic (exact) mass is 350 g/mol. The van der Waals surface area contributed by atoms with E-state index in [9.17, 15) is 14.0 Å². The summed E-state index contributed by atoms with van der Waals surface area (Å²) in [6, 6.07) is 10.4. The molecule has 5 nitrogen and oxygen atoms in total. The van der Waals surface area contributed by atoms with Gasteiger partial charge in [0.25, 0.3) is 5.91 Å². The summed E-state index contributed by atoms with van der Waals surface area (Å²) in [5.74, 6) is -0.697. The molecule has 24 heavy (non-hydrogen) atoms. The Hall–Kier alpha value is -2.60. The van der Waals surface area contributed by atoms with Crippen molar-refractivity contribution in [2.24, 2.45) is 0 Å². The number of nitrogens with one attached hydrogen (secondary N) is 2. The minimum absolute atomic E-state index is 0.209. The third kappa shape index (κ3) is 5.55. The summed E-state index contributed by atoms with van der Waals surface area (Å²) >= 11 is 5.84. The molecule has 0 radical (unpaired) electrons. The number of halogens is 2. The van der Waals surface area contributed by atoms with Crippen molar-refractivity contribution < 1.29 is 18.7 Å². The van der Waals surface area contributed by atoms with Crippen LogP contribution >= 0.6 is 11.6 Å². The molecule has 0 bridgehead atoms. The molecule has 2 amide bonds. The number of carbonyl (C=O) groups is 2. The summed E-state index contributed by atoms with van der Waals surface area (Å²) in [4.78, 5) is 23.4. The third-order valence-corrected chi connectivity index (χ3v) is 3.30. The lowest BCUT2D eigenvalue weighted by Gasteiger charge is -2.10. The first-order chi connectivity index (χ1) is 11.4. The molecule has 0 aliphatic carbocycles. The highest BCUT2D eigenvalue weighted by Gasteiger charge is 2.08. The van der Waals surface area contributed by atoms with Crippen LogP contribution < -0.4 is 15.4 Å². The molecule has 126 valence electrons. The average molecular weight is 351 g/mol. The SMILES string of the molecule is Cc1cc(Cl)ccc1OCC(=O)NCC(=O)Nc1ccc(F)cc1. The Balaban J connectivity index is 1.74. The topological polar surface area (TPSA) is 67.4 Å². The van der Waals surface area contributed by atoms with Crippen molar-refractivity contribution in [1.29, 1.82) is 0 Å². The van der Waals surface area contributed by atoms with Gasteiger partial charge >= 0.3 is 0 Å². The van der Waals surface area contributed by atoms with Gasteiger partial charge < -0.3 is 15.4 Å². The van der Waals surface area contributed by atoms with Gasteiger partial charge in [0.1, 0.15) is 11.6 Å². The van der Waals surface area contributed by atoms with Crippen LogP contribution in [0, 0.1) is 12.7 Å². The molecule has 2 aromatic rings. The largest absolute Gasteiger partial charge is 0.484 e. The molecule has 2 N–H and O–H groups in total. The van der Waals surface area contributed by atoms with Gasteiger partial charge in [-0.2, -0.15) is 0 Å². The number of carbonyl (C=O) groups excluding carboxylic acids is 2. The van der Waals surface area contributed by atoms with Crippen LogP contribution in [0.2, 0.25) is 5.02 Å². The van der Waals surface area contributed by atoms with Crippen molar-refractivity contribution in [3.63, 3.8) is 0 Å². The summed E-state index contributed by atoms with van der Waals surface area (Å²) in [5.41, 5.74) is 1.26. The molecule has 0 aliphatic rings. The number of amides is 2. The maximum absolute atomic E-state index is 12.8. The van der Waals surface area contributed by atoms with Gasteiger partial charge in [-0.1, -0.05) is 11.6 Å². The number of aryl methyl sites for hydroxylation is 1. The highest BCUT2D eigenvalue weighted by molar-refractivity contribution is 6.30. The Labute approximate surface area is 143 Å². The van der Waals surface area contributed by atoms with Crippen molar-refractivity contribution in [3.05, 3.63) is 58.9 Å². The number of rotatable bonds is 6. The molecule has 0 saturated carbocycles. The first kappa shape index (κ1) is 17.7. The van der Waals surface area contributed by atoms with Crippen molar-refractivity contribution in [2.75, 3.05) is 18.5 Å². The predicted molar refractivity (Wildman–Crippen MR) is 89.7 cm³/mol. The second kappa shape index (κ2) is 8.31. The van der Waals surface area contributed by atoms with Crippen LogP contribution in [0.3, 0.4) is 0 Å². The molecular weight excluding hydrogens is 335 g/mol. The van der Waals surface area contributed by atoms with Crippen LogP contribution in [-0.4, -0.2) is 25.0 Å². The normalized spacial score (nSPS) is 10.1. The fourth-order valence-corrected chi connectivity index (χ4v) is 2.11. The highest BCUT2D eigenvalue weighted by Crippen LogP contribution is 2.21. The maximum atomic E-state index is 12.8. The first-order valence-corrected chi connectivity index (χ1v) is 7.53. The minimum atomic E-state index is -0.432. The van der Waals surface area contributed by atoms with Crippen LogP contribution in [0.5, 0.6) is 5.75 Å². The highest BCUT2D eigenvalue weighted by atomic mass is 35.5. The van der Waals surface area contributed by atoms with Gasteiger partial charge in [-0.25, -0.2) is 4.39 Å². The summed E-state index contributed by atoms with van der Waals surface area (Å²) in [6.45, 7) is 1.39. The van der Waals surface area contributed by atoms with E-state index in [0.29, 0.717) is 16.5 Å². The van der Waals surface area contributed by atoms with Gasteiger partial charge in [0.15, 0.2) is 6.61 Å². The lowest BCUT2D eigenvalue weighted by atomic mass is 10.2. The maximum Gasteiger partial charge on any atom is 0.258 e. The minimum Gasteiger partial charge on any atom is -0.484 e. The van der Waals surface area contributed by atoms with E-state index in [4.69, 9.17) is 16.3 Å². The van der Waals surface area contributed by atoms with Gasteiger partial charge in [-0.15, -0.1) is 0 Å². The molecule has 0 spiro atoms. The van der Waals surface area contributed by atoms with E-state index in [1.54, 1.807) is 18.2 Å². The van der Waals surface area contributed by atoms with Crippen LogP contribution in [0.15, 0.2) is 42.5 Å². The zero-order valence-corrected chi connectivity index (χ0v) is 13.7. The lowest BCUT2D eigenvalue weighted by Crippen LogP contribution is -2.35. The molecule has 0 aliphatic heterocycles. The summed E-state index contributed by atoms with van der Waals surface area (Å²) < 4.78 is 18.1. The van der Waals surface area contributed by atoms with E-state index in [0.717, 1.165) is 5.56 Å². The third-order valence-electron chi connectivity index (χ3n) is 3.07. The molecule has 0 aromatic heterocycles. The Morgan fingerprint density at radius 3 is 2.50 bits per heavy atom. The Bertz CT molecular complexity index is 735. The van der Waals surface area contributed by atoms with Crippen molar-refractivity contribution >= 4 is 29.1 Å². The number of ether oxygens (including phenoxy) is 1. The standard InChI is InChI=1S/C17H16ClFN2O3/c1-11-8-12(18)2-7-15(11)24-10-17(23)20-9-16(22)21-14-5-3-13(19)4-6-14/h2-8H,9-10H2,1H3,(H,20,23)(H,21,22). The molecule has 7 heteroatoms. The van der Waals surface area contributed by atoms with Gasteiger partial charge in [-0.05, 0) is 55.0 Å². The molecule has 0 saturated heterocycles. The number of anilines is 1. The second-order valence-corrected chi connectivity index (χ2v) is 5.47. The van der Waals surface area contributed by atoms with Crippen LogP contribution in [0.1, 0.15) is 5.56 Å². The lowest BCUT2D eigenvalue weighted by molar-refractivity contribution is -0.125. The molecule has 2 aromatic carbocycles. The first-order valence-electron chi connectivity index (χ1n) is 7.15. The summed E-state index contributed by atoms with van der Waals surface area (Å²) in [6.07, 6.45) is 0. The fourth-order valence-electron chi connectivity index (χ4n) is 1.89. The zero-order valence-electron chi connectivity index (χ0n) is 12.9. The van der Waals surface area contributed by atoms with Crippen LogP contribution in [0.4, 0.5) is 10.1 Å². The van der Waals surface area contributed by atoms with Gasteiger partial charge in [0.2, 0.25) is 5.91 Å². The van der Waals surface area contributed by atoms with E-state index in [2.05, 4.69) is 10.6 Å². The zero-order chi connectivity index (χ0) is 17.5. The van der Waals surface area contributed by atoms with E-state index >= 15 is 0 Å². The van der Waals surface area contributed by atoms with E-state index in [1.165, 1.54) is 24.3 Å². The van der Waals surface area contributed by atoms with Gasteiger partial charge in [-0.3, -0.25) is 9.59 Å². The van der Waals surface area contributed by atoms with E-state index in [-0.39, 0.29) is 13.2 Å². The van der Waals surface area contributed by atoms with Crippen molar-refractivity contribution in [1.82, 2.24) is 5.32 Å². The Morgan fingerprint density at radius 2 is 1.83 bits per heavy atom. The number of hydrogen-bond acceptors (Lipinski definition) is 3. The number of hydrogen-bond donors (Lipinski definition) is 2. The van der Waals surface area contributed by atoms with Crippen LogP contribution in [-0.2, 0) is 9.59 Å². The second-order valence-electron chi connectivity index (χ2n) is 5.03. The number of benzene rings is 2. The Morgan fingerprint density at radius 1 is 1.12 bits per heavy atom. The van der Waals surface area contributed by atoms with Crippen molar-refractivity contribution in [2.45, 2.75) is 6.92 Å². The quantitative estimate of drug-likeness (QED) is 0.841. The van der Waals surface area contributed by atoms with Gasteiger partial charge in [0, 0.05) is 10.7 Å². The molecule has 0 unspecified atom stereocenters. The van der Waals surface area contributed by atoms with Crippen LogP contribution in [0.25, 0.3) is 0 Å². The smallest absolute Gasteiger partial charge is 0.258 e. The average Bonchev–Trinajstić information content (AvgIpc) is 2.54. The molecule has 0 fully saturated rings.